The van der Waals surface area contributed by atoms with E-state index in [0.717, 1.165) is 22.5 Å². The molecule has 0 aliphatic carbocycles. The van der Waals surface area contributed by atoms with Crippen molar-refractivity contribution in [3.8, 4) is 5.69 Å². The first-order valence-corrected chi connectivity index (χ1v) is 7.17. The molecular formula is C15H16ClFN4. The van der Waals surface area contributed by atoms with Crippen LogP contribution < -0.4 is 0 Å². The maximum absolute atomic E-state index is 13.9. The molecule has 0 aliphatic rings. The van der Waals surface area contributed by atoms with Gasteiger partial charge in [0.25, 0.3) is 0 Å². The first-order valence-electron chi connectivity index (χ1n) is 6.73. The fourth-order valence-corrected chi connectivity index (χ4v) is 2.78. The van der Waals surface area contributed by atoms with Crippen molar-refractivity contribution in [2.24, 2.45) is 7.05 Å². The molecule has 1 unspecified atom stereocenters. The second-order valence-electron chi connectivity index (χ2n) is 5.19. The minimum absolute atomic E-state index is 0.249. The number of hydrogen-bond donors (Lipinski definition) is 0. The normalized spacial score (nSPS) is 13.0. The molecule has 6 heteroatoms. The number of halogens is 2. The predicted molar refractivity (Wildman–Crippen MR) is 81.5 cm³/mol. The zero-order valence-corrected chi connectivity index (χ0v) is 13.1. The molecule has 0 saturated heterocycles. The van der Waals surface area contributed by atoms with Gasteiger partial charge in [0.05, 0.1) is 16.8 Å². The summed E-state index contributed by atoms with van der Waals surface area (Å²) in [5.41, 5.74) is 3.75. The summed E-state index contributed by atoms with van der Waals surface area (Å²) in [6.07, 6.45) is 0. The summed E-state index contributed by atoms with van der Waals surface area (Å²) in [7, 11) is 1.85. The number of imidazole rings is 1. The van der Waals surface area contributed by atoms with E-state index in [1.807, 2.05) is 31.5 Å². The van der Waals surface area contributed by atoms with Crippen LogP contribution in [0.1, 0.15) is 29.4 Å². The second-order valence-corrected chi connectivity index (χ2v) is 5.84. The average molecular weight is 307 g/mol. The van der Waals surface area contributed by atoms with Crippen LogP contribution in [0.15, 0.2) is 18.2 Å². The van der Waals surface area contributed by atoms with Crippen LogP contribution in [0, 0.1) is 19.7 Å². The molecule has 0 aliphatic heterocycles. The highest BCUT2D eigenvalue weighted by molar-refractivity contribution is 6.20. The lowest BCUT2D eigenvalue weighted by Crippen LogP contribution is -2.08. The number of rotatable bonds is 2. The van der Waals surface area contributed by atoms with Gasteiger partial charge in [0, 0.05) is 12.6 Å². The van der Waals surface area contributed by atoms with Crippen LogP contribution in [0.25, 0.3) is 16.9 Å². The van der Waals surface area contributed by atoms with Crippen LogP contribution in [0.2, 0.25) is 0 Å². The van der Waals surface area contributed by atoms with Gasteiger partial charge in [-0.25, -0.2) is 14.1 Å². The highest BCUT2D eigenvalue weighted by Crippen LogP contribution is 2.31. The second kappa shape index (κ2) is 4.84. The van der Waals surface area contributed by atoms with E-state index in [9.17, 15) is 4.39 Å². The lowest BCUT2D eigenvalue weighted by atomic mass is 10.2. The van der Waals surface area contributed by atoms with Gasteiger partial charge in [-0.1, -0.05) is 6.07 Å². The SMILES string of the molecule is Cc1c(F)cccc1-n1c(C(C)Cl)nc2c(C)nn(C)c21. The van der Waals surface area contributed by atoms with E-state index in [1.165, 1.54) is 6.07 Å². The lowest BCUT2D eigenvalue weighted by molar-refractivity contribution is 0.616. The maximum atomic E-state index is 13.9. The van der Waals surface area contributed by atoms with Crippen molar-refractivity contribution in [2.75, 3.05) is 0 Å². The third-order valence-electron chi connectivity index (χ3n) is 3.66. The zero-order valence-electron chi connectivity index (χ0n) is 12.4. The molecule has 21 heavy (non-hydrogen) atoms. The van der Waals surface area contributed by atoms with Crippen molar-refractivity contribution in [3.05, 3.63) is 41.1 Å². The summed E-state index contributed by atoms with van der Waals surface area (Å²) >= 11 is 6.28. The molecule has 4 nitrogen and oxygen atoms in total. The number of aromatic nitrogens is 4. The number of alkyl halides is 1. The van der Waals surface area contributed by atoms with Crippen LogP contribution in [0.3, 0.4) is 0 Å². The molecule has 2 heterocycles. The van der Waals surface area contributed by atoms with Gasteiger partial charge in [-0.15, -0.1) is 11.6 Å². The van der Waals surface area contributed by atoms with E-state index in [1.54, 1.807) is 17.7 Å². The largest absolute Gasteiger partial charge is 0.279 e. The minimum atomic E-state index is -0.292. The molecule has 110 valence electrons. The fourth-order valence-electron chi connectivity index (χ4n) is 2.63. The summed E-state index contributed by atoms with van der Waals surface area (Å²) in [4.78, 5) is 4.60. The monoisotopic (exact) mass is 306 g/mol. The summed E-state index contributed by atoms with van der Waals surface area (Å²) in [6, 6.07) is 5.01. The Morgan fingerprint density at radius 2 is 2.00 bits per heavy atom. The standard InChI is InChI=1S/C15H16ClFN4/c1-8-11(17)6-5-7-12(8)21-14(9(2)16)18-13-10(3)19-20(4)15(13)21/h5-7,9H,1-4H3. The van der Waals surface area contributed by atoms with Crippen molar-refractivity contribution in [1.29, 1.82) is 0 Å². The van der Waals surface area contributed by atoms with Gasteiger partial charge in [0.15, 0.2) is 5.65 Å². The minimum Gasteiger partial charge on any atom is -0.279 e. The molecule has 2 aromatic heterocycles. The molecule has 0 spiro atoms. The first-order chi connectivity index (χ1) is 9.91. The van der Waals surface area contributed by atoms with Crippen molar-refractivity contribution >= 4 is 22.8 Å². The van der Waals surface area contributed by atoms with Crippen LogP contribution in [-0.2, 0) is 7.05 Å². The molecule has 0 radical (unpaired) electrons. The topological polar surface area (TPSA) is 35.6 Å². The van der Waals surface area contributed by atoms with Gasteiger partial charge in [-0.05, 0) is 32.9 Å². The molecule has 1 atom stereocenters. The molecule has 3 aromatic rings. The Kier molecular flexibility index (Phi) is 3.24. The average Bonchev–Trinajstić information content (AvgIpc) is 2.93. The lowest BCUT2D eigenvalue weighted by Gasteiger charge is -2.14. The number of hydrogen-bond acceptors (Lipinski definition) is 2. The maximum Gasteiger partial charge on any atom is 0.163 e. The van der Waals surface area contributed by atoms with Crippen molar-refractivity contribution < 1.29 is 4.39 Å². The first kappa shape index (κ1) is 14.1. The number of benzene rings is 1. The molecule has 0 fully saturated rings. The molecule has 0 amide bonds. The van der Waals surface area contributed by atoms with Crippen LogP contribution in [0.4, 0.5) is 4.39 Å². The Morgan fingerprint density at radius 3 is 2.67 bits per heavy atom. The smallest absolute Gasteiger partial charge is 0.163 e. The molecule has 0 N–H and O–H groups in total. The van der Waals surface area contributed by atoms with E-state index in [4.69, 9.17) is 11.6 Å². The van der Waals surface area contributed by atoms with Crippen LogP contribution >= 0.6 is 11.6 Å². The van der Waals surface area contributed by atoms with Crippen molar-refractivity contribution in [3.63, 3.8) is 0 Å². The van der Waals surface area contributed by atoms with Gasteiger partial charge >= 0.3 is 0 Å². The summed E-state index contributed by atoms with van der Waals surface area (Å²) < 4.78 is 17.6. The third kappa shape index (κ3) is 2.03. The van der Waals surface area contributed by atoms with E-state index in [0.29, 0.717) is 11.4 Å². The zero-order chi connectivity index (χ0) is 15.3. The Hall–Kier alpha value is -1.88. The van der Waals surface area contributed by atoms with E-state index < -0.39 is 0 Å². The Balaban J connectivity index is 2.44. The van der Waals surface area contributed by atoms with Crippen LogP contribution in [0.5, 0.6) is 0 Å². The van der Waals surface area contributed by atoms with Crippen LogP contribution in [-0.4, -0.2) is 19.3 Å². The molecule has 1 aromatic carbocycles. The number of nitrogens with zero attached hydrogens (tertiary/aromatic N) is 4. The van der Waals surface area contributed by atoms with E-state index >= 15 is 0 Å². The van der Waals surface area contributed by atoms with Crippen molar-refractivity contribution in [2.45, 2.75) is 26.1 Å². The Morgan fingerprint density at radius 1 is 1.29 bits per heavy atom. The Labute approximate surface area is 127 Å². The van der Waals surface area contributed by atoms with Gasteiger partial charge in [0.1, 0.15) is 17.2 Å². The van der Waals surface area contributed by atoms with Crippen molar-refractivity contribution in [1.82, 2.24) is 19.3 Å². The van der Waals surface area contributed by atoms with E-state index in [-0.39, 0.29) is 11.2 Å². The van der Waals surface area contributed by atoms with Gasteiger partial charge < -0.3 is 0 Å². The summed E-state index contributed by atoms with van der Waals surface area (Å²) in [5, 5.41) is 4.09. The van der Waals surface area contributed by atoms with Gasteiger partial charge in [-0.2, -0.15) is 5.10 Å². The van der Waals surface area contributed by atoms with Gasteiger partial charge in [-0.3, -0.25) is 4.57 Å². The molecular weight excluding hydrogens is 291 g/mol. The molecule has 0 saturated carbocycles. The van der Waals surface area contributed by atoms with E-state index in [2.05, 4.69) is 10.1 Å². The third-order valence-corrected chi connectivity index (χ3v) is 3.86. The highest BCUT2D eigenvalue weighted by Gasteiger charge is 2.22. The van der Waals surface area contributed by atoms with Gasteiger partial charge in [0.2, 0.25) is 0 Å². The predicted octanol–water partition coefficient (Wildman–Crippen LogP) is 3.81. The molecule has 0 bridgehead atoms. The number of fused-ring (bicyclic) bond motifs is 1. The molecule has 3 rings (SSSR count). The summed E-state index contributed by atoms with van der Waals surface area (Å²) in [6.45, 7) is 5.51. The Bertz CT molecular complexity index is 832. The fraction of sp³-hybridized carbons (Fsp3) is 0.333. The highest BCUT2D eigenvalue weighted by atomic mass is 35.5. The quantitative estimate of drug-likeness (QED) is 0.675. The number of aryl methyl sites for hydroxylation is 2. The summed E-state index contributed by atoms with van der Waals surface area (Å²) in [5.74, 6) is 0.442.